The third-order valence-corrected chi connectivity index (χ3v) is 3.67. The number of halogens is 2. The van der Waals surface area contributed by atoms with Gasteiger partial charge in [-0.25, -0.2) is 0 Å². The van der Waals surface area contributed by atoms with Crippen molar-refractivity contribution in [1.29, 1.82) is 0 Å². The zero-order valence-corrected chi connectivity index (χ0v) is 8.53. The molecule has 0 saturated heterocycles. The summed E-state index contributed by atoms with van der Waals surface area (Å²) in [5, 5.41) is 18.5. The fourth-order valence-corrected chi connectivity index (χ4v) is 0.992. The van der Waals surface area contributed by atoms with Gasteiger partial charge in [-0.1, -0.05) is 29.8 Å². The SMILES string of the molecule is CC(C)(CBr)C(O)(O)Br. The number of hydrogen-bond donors (Lipinski definition) is 2. The van der Waals surface area contributed by atoms with Crippen LogP contribution in [0.2, 0.25) is 0 Å². The van der Waals surface area contributed by atoms with Crippen molar-refractivity contribution in [3.63, 3.8) is 0 Å². The molecule has 0 atom stereocenters. The maximum atomic E-state index is 8.99. The van der Waals surface area contributed by atoms with Crippen LogP contribution in [-0.2, 0) is 0 Å². The lowest BCUT2D eigenvalue weighted by molar-refractivity contribution is -0.139. The van der Waals surface area contributed by atoms with E-state index in [1.807, 2.05) is 0 Å². The largest absolute Gasteiger partial charge is 0.357 e. The zero-order chi connectivity index (χ0) is 7.71. The first-order valence-corrected chi connectivity index (χ1v) is 4.42. The Labute approximate surface area is 71.5 Å². The van der Waals surface area contributed by atoms with Gasteiger partial charge in [0.1, 0.15) is 0 Å². The molecule has 0 aromatic rings. The van der Waals surface area contributed by atoms with Crippen molar-refractivity contribution in [1.82, 2.24) is 0 Å². The van der Waals surface area contributed by atoms with Gasteiger partial charge in [-0.3, -0.25) is 0 Å². The van der Waals surface area contributed by atoms with Crippen LogP contribution in [0.4, 0.5) is 0 Å². The topological polar surface area (TPSA) is 40.5 Å². The standard InChI is InChI=1S/C5H10Br2O2/c1-4(2,3-6)5(7,8)9/h8-9H,3H2,1-2H3. The normalized spacial score (nSPS) is 14.0. The summed E-state index contributed by atoms with van der Waals surface area (Å²) < 4.78 is -1.79. The highest BCUT2D eigenvalue weighted by Gasteiger charge is 2.38. The molecule has 0 aliphatic heterocycles. The molecular weight excluding hydrogens is 252 g/mol. The van der Waals surface area contributed by atoms with Gasteiger partial charge in [0.15, 0.2) is 0 Å². The third kappa shape index (κ3) is 2.53. The third-order valence-electron chi connectivity index (χ3n) is 1.20. The lowest BCUT2D eigenvalue weighted by Gasteiger charge is -2.31. The second-order valence-electron chi connectivity index (χ2n) is 2.60. The van der Waals surface area contributed by atoms with E-state index in [9.17, 15) is 0 Å². The van der Waals surface area contributed by atoms with Crippen LogP contribution < -0.4 is 0 Å². The van der Waals surface area contributed by atoms with Crippen molar-refractivity contribution in [2.45, 2.75) is 18.5 Å². The van der Waals surface area contributed by atoms with Gasteiger partial charge in [0.2, 0.25) is 4.70 Å². The molecule has 0 aromatic carbocycles. The number of hydrogen-bond acceptors (Lipinski definition) is 2. The fourth-order valence-electron chi connectivity index (χ4n) is 0.0850. The Bertz CT molecular complexity index is 95.6. The Morgan fingerprint density at radius 3 is 1.67 bits per heavy atom. The molecule has 0 saturated carbocycles. The van der Waals surface area contributed by atoms with E-state index in [1.54, 1.807) is 13.8 Å². The van der Waals surface area contributed by atoms with E-state index >= 15 is 0 Å². The van der Waals surface area contributed by atoms with E-state index in [1.165, 1.54) is 0 Å². The molecular formula is C5H10Br2O2. The number of aliphatic hydroxyl groups is 2. The van der Waals surface area contributed by atoms with Gasteiger partial charge in [0, 0.05) is 10.7 Å². The minimum atomic E-state index is -1.79. The smallest absolute Gasteiger partial charge is 0.227 e. The lowest BCUT2D eigenvalue weighted by Crippen LogP contribution is -2.39. The summed E-state index contributed by atoms with van der Waals surface area (Å²) >= 11 is 5.90. The molecule has 0 amide bonds. The second-order valence-corrected chi connectivity index (χ2v) is 4.27. The van der Waals surface area contributed by atoms with Crippen LogP contribution in [0.5, 0.6) is 0 Å². The summed E-state index contributed by atoms with van der Waals surface area (Å²) in [6.07, 6.45) is 0. The van der Waals surface area contributed by atoms with Gasteiger partial charge in [-0.05, 0) is 15.9 Å². The summed E-state index contributed by atoms with van der Waals surface area (Å²) in [5.74, 6) is 0. The molecule has 0 bridgehead atoms. The lowest BCUT2D eigenvalue weighted by atomic mass is 9.96. The van der Waals surface area contributed by atoms with Crippen molar-refractivity contribution < 1.29 is 10.2 Å². The van der Waals surface area contributed by atoms with E-state index in [4.69, 9.17) is 10.2 Å². The molecule has 0 fully saturated rings. The van der Waals surface area contributed by atoms with Gasteiger partial charge in [0.05, 0.1) is 0 Å². The summed E-state index contributed by atoms with van der Waals surface area (Å²) in [6.45, 7) is 3.47. The predicted molar refractivity (Wildman–Crippen MR) is 43.7 cm³/mol. The van der Waals surface area contributed by atoms with Crippen LogP contribution in [-0.4, -0.2) is 20.2 Å². The minimum absolute atomic E-state index is 0.526. The van der Waals surface area contributed by atoms with Gasteiger partial charge < -0.3 is 10.2 Å². The Balaban J connectivity index is 4.14. The van der Waals surface area contributed by atoms with Gasteiger partial charge in [0.25, 0.3) is 0 Å². The summed E-state index contributed by atoms with van der Waals surface area (Å²) in [7, 11) is 0. The first-order chi connectivity index (χ1) is 3.81. The minimum Gasteiger partial charge on any atom is -0.357 e. The molecule has 9 heavy (non-hydrogen) atoms. The molecule has 56 valence electrons. The molecule has 0 rings (SSSR count). The number of alkyl halides is 2. The second kappa shape index (κ2) is 2.86. The van der Waals surface area contributed by atoms with E-state index in [0.29, 0.717) is 5.33 Å². The van der Waals surface area contributed by atoms with Gasteiger partial charge in [-0.15, -0.1) is 0 Å². The van der Waals surface area contributed by atoms with Crippen LogP contribution in [0.25, 0.3) is 0 Å². The van der Waals surface area contributed by atoms with E-state index in [0.717, 1.165) is 0 Å². The molecule has 0 aromatic heterocycles. The van der Waals surface area contributed by atoms with E-state index in [2.05, 4.69) is 31.9 Å². The van der Waals surface area contributed by atoms with Crippen LogP contribution >= 0.6 is 31.9 Å². The molecule has 0 radical (unpaired) electrons. The first-order valence-electron chi connectivity index (χ1n) is 2.51. The highest BCUT2D eigenvalue weighted by molar-refractivity contribution is 9.10. The predicted octanol–water partition coefficient (Wildman–Crippen LogP) is 1.44. The van der Waals surface area contributed by atoms with Crippen molar-refractivity contribution in [3.8, 4) is 0 Å². The van der Waals surface area contributed by atoms with Gasteiger partial charge in [-0.2, -0.15) is 0 Å². The summed E-state index contributed by atoms with van der Waals surface area (Å²) in [5.41, 5.74) is -0.576. The van der Waals surface area contributed by atoms with Crippen molar-refractivity contribution in [2.24, 2.45) is 5.41 Å². The molecule has 0 unspecified atom stereocenters. The monoisotopic (exact) mass is 260 g/mol. The van der Waals surface area contributed by atoms with Gasteiger partial charge >= 0.3 is 0 Å². The fraction of sp³-hybridized carbons (Fsp3) is 1.00. The Kier molecular flexibility index (Phi) is 3.14. The average Bonchev–Trinajstić information content (AvgIpc) is 1.64. The quantitative estimate of drug-likeness (QED) is 0.584. The van der Waals surface area contributed by atoms with Crippen LogP contribution in [0.1, 0.15) is 13.8 Å². The average molecular weight is 262 g/mol. The molecule has 0 aliphatic carbocycles. The maximum absolute atomic E-state index is 8.99. The van der Waals surface area contributed by atoms with E-state index < -0.39 is 10.1 Å². The molecule has 2 nitrogen and oxygen atoms in total. The zero-order valence-electron chi connectivity index (χ0n) is 5.36. The summed E-state index contributed by atoms with van der Waals surface area (Å²) in [4.78, 5) is 0. The Hall–Kier alpha value is 0.880. The summed E-state index contributed by atoms with van der Waals surface area (Å²) in [6, 6.07) is 0. The van der Waals surface area contributed by atoms with Crippen molar-refractivity contribution >= 4 is 31.9 Å². The molecule has 2 N–H and O–H groups in total. The molecule has 4 heteroatoms. The highest BCUT2D eigenvalue weighted by atomic mass is 79.9. The number of rotatable bonds is 2. The Morgan fingerprint density at radius 2 is 1.67 bits per heavy atom. The molecule has 0 aliphatic rings. The first kappa shape index (κ1) is 9.88. The van der Waals surface area contributed by atoms with Crippen LogP contribution in [0.15, 0.2) is 0 Å². The van der Waals surface area contributed by atoms with Crippen LogP contribution in [0, 0.1) is 5.41 Å². The van der Waals surface area contributed by atoms with Crippen LogP contribution in [0.3, 0.4) is 0 Å². The molecule has 0 spiro atoms. The van der Waals surface area contributed by atoms with E-state index in [-0.39, 0.29) is 0 Å². The molecule has 0 heterocycles. The maximum Gasteiger partial charge on any atom is 0.227 e. The van der Waals surface area contributed by atoms with Crippen molar-refractivity contribution in [2.75, 3.05) is 5.33 Å². The van der Waals surface area contributed by atoms with Crippen molar-refractivity contribution in [3.05, 3.63) is 0 Å². The highest BCUT2D eigenvalue weighted by Crippen LogP contribution is 2.34. The Morgan fingerprint density at radius 1 is 1.33 bits per heavy atom.